The average Bonchev–Trinajstić information content (AvgIpc) is 2.64. The fourth-order valence-electron chi connectivity index (χ4n) is 2.14. The molecule has 0 aliphatic carbocycles. The molecule has 0 fully saturated rings. The third-order valence-electron chi connectivity index (χ3n) is 3.31. The van der Waals surface area contributed by atoms with Crippen molar-refractivity contribution in [2.45, 2.75) is 26.6 Å². The Morgan fingerprint density at radius 2 is 1.85 bits per heavy atom. The van der Waals surface area contributed by atoms with Crippen LogP contribution in [0.25, 0.3) is 6.08 Å². The van der Waals surface area contributed by atoms with Gasteiger partial charge in [0, 0.05) is 6.08 Å². The van der Waals surface area contributed by atoms with Crippen LogP contribution in [0.4, 0.5) is 0 Å². The Morgan fingerprint density at radius 1 is 1.08 bits per heavy atom. The van der Waals surface area contributed by atoms with Gasteiger partial charge in [-0.15, -0.1) is 0 Å². The summed E-state index contributed by atoms with van der Waals surface area (Å²) in [4.78, 5) is 23.2. The molecule has 0 aliphatic heterocycles. The van der Waals surface area contributed by atoms with Gasteiger partial charge in [0.2, 0.25) is 5.91 Å². The van der Waals surface area contributed by atoms with Crippen LogP contribution >= 0.6 is 0 Å². The molecule has 2 rings (SSSR count). The number of nitrogens with one attached hydrogen (secondary N) is 1. The van der Waals surface area contributed by atoms with Gasteiger partial charge in [0.1, 0.15) is 18.9 Å². The number of benzene rings is 2. The number of hydrogen-bond acceptors (Lipinski definition) is 4. The molecule has 5 nitrogen and oxygen atoms in total. The maximum Gasteiger partial charge on any atom is 0.325 e. The van der Waals surface area contributed by atoms with E-state index in [-0.39, 0.29) is 18.6 Å². The molecule has 0 atom stereocenters. The molecule has 0 aromatic heterocycles. The zero-order chi connectivity index (χ0) is 18.8. The topological polar surface area (TPSA) is 64.6 Å². The molecule has 1 N–H and O–H groups in total. The fraction of sp³-hybridized carbons (Fsp3) is 0.238. The van der Waals surface area contributed by atoms with Gasteiger partial charge in [-0.3, -0.25) is 9.59 Å². The summed E-state index contributed by atoms with van der Waals surface area (Å²) in [7, 11) is 0. The van der Waals surface area contributed by atoms with Crippen LogP contribution in [0.15, 0.2) is 60.7 Å². The highest BCUT2D eigenvalue weighted by atomic mass is 16.5. The zero-order valence-electron chi connectivity index (χ0n) is 15.0. The van der Waals surface area contributed by atoms with E-state index in [1.807, 2.05) is 54.6 Å². The highest BCUT2D eigenvalue weighted by Crippen LogP contribution is 2.16. The van der Waals surface area contributed by atoms with Crippen molar-refractivity contribution in [1.29, 1.82) is 0 Å². The minimum Gasteiger partial charge on any atom is -0.489 e. The summed E-state index contributed by atoms with van der Waals surface area (Å²) in [5.41, 5.74) is 1.91. The van der Waals surface area contributed by atoms with Crippen LogP contribution in [0.3, 0.4) is 0 Å². The number of amides is 1. The van der Waals surface area contributed by atoms with Crippen LogP contribution in [0.1, 0.15) is 25.0 Å². The van der Waals surface area contributed by atoms with Crippen molar-refractivity contribution >= 4 is 18.0 Å². The normalized spacial score (nSPS) is 10.7. The van der Waals surface area contributed by atoms with Gasteiger partial charge in [-0.1, -0.05) is 42.5 Å². The Morgan fingerprint density at radius 3 is 2.58 bits per heavy atom. The number of ether oxygens (including phenoxy) is 2. The summed E-state index contributed by atoms with van der Waals surface area (Å²) in [6.45, 7) is 3.84. The Bertz CT molecular complexity index is 754. The molecule has 0 saturated carbocycles. The van der Waals surface area contributed by atoms with Crippen molar-refractivity contribution in [1.82, 2.24) is 5.32 Å². The first-order chi connectivity index (χ1) is 12.5. The minimum atomic E-state index is -0.460. The highest BCUT2D eigenvalue weighted by molar-refractivity contribution is 5.93. The highest BCUT2D eigenvalue weighted by Gasteiger charge is 2.06. The van der Waals surface area contributed by atoms with Crippen LogP contribution in [0.5, 0.6) is 5.75 Å². The van der Waals surface area contributed by atoms with Crippen molar-refractivity contribution < 1.29 is 19.1 Å². The molecule has 2 aromatic carbocycles. The van der Waals surface area contributed by atoms with E-state index >= 15 is 0 Å². The van der Waals surface area contributed by atoms with Gasteiger partial charge in [0.25, 0.3) is 0 Å². The molecule has 0 unspecified atom stereocenters. The Labute approximate surface area is 153 Å². The van der Waals surface area contributed by atoms with Gasteiger partial charge in [0.05, 0.1) is 6.10 Å². The zero-order valence-corrected chi connectivity index (χ0v) is 15.0. The molecule has 0 saturated heterocycles. The van der Waals surface area contributed by atoms with E-state index in [0.717, 1.165) is 16.9 Å². The monoisotopic (exact) mass is 353 g/mol. The lowest BCUT2D eigenvalue weighted by molar-refractivity contribution is -0.147. The van der Waals surface area contributed by atoms with Crippen molar-refractivity contribution in [2.24, 2.45) is 0 Å². The van der Waals surface area contributed by atoms with Crippen LogP contribution in [0.2, 0.25) is 0 Å². The number of hydrogen-bond donors (Lipinski definition) is 1. The van der Waals surface area contributed by atoms with Gasteiger partial charge >= 0.3 is 5.97 Å². The largest absolute Gasteiger partial charge is 0.489 e. The van der Waals surface area contributed by atoms with Crippen LogP contribution in [-0.4, -0.2) is 24.5 Å². The SMILES string of the molecule is CC(C)OC(=O)CNC(=O)/C=C/c1cccc(OCc2ccccc2)c1. The number of esters is 1. The van der Waals surface area contributed by atoms with Gasteiger partial charge in [-0.25, -0.2) is 0 Å². The van der Waals surface area contributed by atoms with Gasteiger partial charge in [0.15, 0.2) is 0 Å². The minimum absolute atomic E-state index is 0.151. The van der Waals surface area contributed by atoms with Gasteiger partial charge < -0.3 is 14.8 Å². The molecule has 136 valence electrons. The molecule has 2 aromatic rings. The number of rotatable bonds is 8. The lowest BCUT2D eigenvalue weighted by atomic mass is 10.2. The molecule has 5 heteroatoms. The van der Waals surface area contributed by atoms with Crippen LogP contribution < -0.4 is 10.1 Å². The summed E-state index contributed by atoms with van der Waals surface area (Å²) in [6, 6.07) is 17.3. The molecule has 0 aliphatic rings. The van der Waals surface area contributed by atoms with E-state index < -0.39 is 5.97 Å². The third-order valence-corrected chi connectivity index (χ3v) is 3.31. The van der Waals surface area contributed by atoms with E-state index in [2.05, 4.69) is 5.32 Å². The van der Waals surface area contributed by atoms with Crippen molar-refractivity contribution in [3.63, 3.8) is 0 Å². The number of carbonyl (C=O) groups is 2. The van der Waals surface area contributed by atoms with Crippen LogP contribution in [0, 0.1) is 0 Å². The lowest BCUT2D eigenvalue weighted by Crippen LogP contribution is -2.30. The smallest absolute Gasteiger partial charge is 0.325 e. The Balaban J connectivity index is 1.84. The molecule has 0 radical (unpaired) electrons. The standard InChI is InChI=1S/C21H23NO4/c1-16(2)26-21(24)14-22-20(23)12-11-17-9-6-10-19(13-17)25-15-18-7-4-3-5-8-18/h3-13,16H,14-15H2,1-2H3,(H,22,23)/b12-11+. The van der Waals surface area contributed by atoms with Gasteiger partial charge in [-0.05, 0) is 43.2 Å². The summed E-state index contributed by atoms with van der Waals surface area (Å²) >= 11 is 0. The fourth-order valence-corrected chi connectivity index (χ4v) is 2.14. The van der Waals surface area contributed by atoms with E-state index in [1.54, 1.807) is 19.9 Å². The molecular weight excluding hydrogens is 330 g/mol. The van der Waals surface area contributed by atoms with E-state index in [9.17, 15) is 9.59 Å². The van der Waals surface area contributed by atoms with Crippen molar-refractivity contribution in [2.75, 3.05) is 6.54 Å². The summed E-state index contributed by atoms with van der Waals surface area (Å²) in [5, 5.41) is 2.49. The van der Waals surface area contributed by atoms with Crippen LogP contribution in [-0.2, 0) is 20.9 Å². The Hall–Kier alpha value is -3.08. The average molecular weight is 353 g/mol. The Kier molecular flexibility index (Phi) is 7.43. The first-order valence-electron chi connectivity index (χ1n) is 8.45. The van der Waals surface area contributed by atoms with E-state index in [4.69, 9.17) is 9.47 Å². The lowest BCUT2D eigenvalue weighted by Gasteiger charge is -2.08. The first kappa shape index (κ1) is 19.2. The molecule has 0 bridgehead atoms. The second-order valence-electron chi connectivity index (χ2n) is 5.94. The second-order valence-corrected chi connectivity index (χ2v) is 5.94. The maximum absolute atomic E-state index is 11.8. The molecular formula is C21H23NO4. The molecule has 0 spiro atoms. The molecule has 26 heavy (non-hydrogen) atoms. The van der Waals surface area contributed by atoms with E-state index in [1.165, 1.54) is 6.08 Å². The maximum atomic E-state index is 11.8. The van der Waals surface area contributed by atoms with E-state index in [0.29, 0.717) is 6.61 Å². The third kappa shape index (κ3) is 7.21. The van der Waals surface area contributed by atoms with Crippen molar-refractivity contribution in [3.05, 3.63) is 71.8 Å². The summed E-state index contributed by atoms with van der Waals surface area (Å²) < 4.78 is 10.7. The predicted molar refractivity (Wildman–Crippen MR) is 100 cm³/mol. The quantitative estimate of drug-likeness (QED) is 0.584. The summed E-state index contributed by atoms with van der Waals surface area (Å²) in [6.07, 6.45) is 2.84. The number of carbonyl (C=O) groups excluding carboxylic acids is 2. The van der Waals surface area contributed by atoms with Gasteiger partial charge in [-0.2, -0.15) is 0 Å². The second kappa shape index (κ2) is 10.0. The molecule has 1 amide bonds. The predicted octanol–water partition coefficient (Wildman–Crippen LogP) is 3.35. The first-order valence-corrected chi connectivity index (χ1v) is 8.45. The molecule has 0 heterocycles. The summed E-state index contributed by atoms with van der Waals surface area (Å²) in [5.74, 6) is -0.101. The van der Waals surface area contributed by atoms with Crippen molar-refractivity contribution in [3.8, 4) is 5.75 Å².